The fraction of sp³-hybridized carbons (Fsp3) is 0.294. The summed E-state index contributed by atoms with van der Waals surface area (Å²) in [5.41, 5.74) is 0.475. The van der Waals surface area contributed by atoms with E-state index in [4.69, 9.17) is 4.74 Å². The number of ketones is 1. The van der Waals surface area contributed by atoms with Gasteiger partial charge < -0.3 is 4.74 Å². The third-order valence-electron chi connectivity index (χ3n) is 3.73. The molecule has 0 spiro atoms. The topological polar surface area (TPSA) is 109 Å². The molecule has 0 N–H and O–H groups in total. The molecule has 0 unspecified atom stereocenters. The molecule has 0 atom stereocenters. The lowest BCUT2D eigenvalue weighted by Gasteiger charge is -2.05. The lowest BCUT2D eigenvalue weighted by molar-refractivity contribution is -0.145. The molecule has 0 aliphatic rings. The number of benzene rings is 1. The van der Waals surface area contributed by atoms with E-state index in [0.717, 1.165) is 10.1 Å². The van der Waals surface area contributed by atoms with Crippen LogP contribution in [0.3, 0.4) is 0 Å². The molecular formula is C17H16FN5O4. The summed E-state index contributed by atoms with van der Waals surface area (Å²) in [6, 6.07) is 5.84. The highest BCUT2D eigenvalue weighted by Gasteiger charge is 2.16. The number of ether oxygens (including phenoxy) is 1. The molecule has 1 aromatic carbocycles. The average molecular weight is 373 g/mol. The van der Waals surface area contributed by atoms with Gasteiger partial charge in [-0.15, -0.1) is 5.10 Å². The van der Waals surface area contributed by atoms with Gasteiger partial charge in [0.15, 0.2) is 16.9 Å². The van der Waals surface area contributed by atoms with Crippen molar-refractivity contribution in [2.24, 2.45) is 0 Å². The molecule has 0 amide bonds. The molecule has 0 aliphatic carbocycles. The van der Waals surface area contributed by atoms with Gasteiger partial charge in [0.25, 0.3) is 5.56 Å². The zero-order chi connectivity index (χ0) is 19.4. The Morgan fingerprint density at radius 3 is 2.67 bits per heavy atom. The molecule has 0 aliphatic heterocycles. The van der Waals surface area contributed by atoms with Gasteiger partial charge in [0.1, 0.15) is 18.6 Å². The van der Waals surface area contributed by atoms with Crippen molar-refractivity contribution in [3.8, 4) is 0 Å². The summed E-state index contributed by atoms with van der Waals surface area (Å²) in [6.07, 6.45) is 0.786. The second kappa shape index (κ2) is 7.85. The van der Waals surface area contributed by atoms with Crippen LogP contribution in [0.25, 0.3) is 11.2 Å². The van der Waals surface area contributed by atoms with Crippen LogP contribution < -0.4 is 5.56 Å². The zero-order valence-corrected chi connectivity index (χ0v) is 14.5. The minimum atomic E-state index is -0.644. The van der Waals surface area contributed by atoms with Crippen LogP contribution in [0.1, 0.15) is 18.9 Å². The van der Waals surface area contributed by atoms with Crippen molar-refractivity contribution in [3.63, 3.8) is 0 Å². The second-order valence-electron chi connectivity index (χ2n) is 5.74. The van der Waals surface area contributed by atoms with Crippen molar-refractivity contribution in [2.45, 2.75) is 26.4 Å². The third kappa shape index (κ3) is 4.22. The van der Waals surface area contributed by atoms with Gasteiger partial charge in [-0.2, -0.15) is 0 Å². The van der Waals surface area contributed by atoms with E-state index in [1.165, 1.54) is 23.1 Å². The van der Waals surface area contributed by atoms with Gasteiger partial charge in [-0.3, -0.25) is 19.0 Å². The van der Waals surface area contributed by atoms with Crippen molar-refractivity contribution in [3.05, 3.63) is 52.3 Å². The van der Waals surface area contributed by atoms with Gasteiger partial charge in [-0.25, -0.2) is 14.1 Å². The first-order valence-corrected chi connectivity index (χ1v) is 8.18. The molecule has 0 saturated heterocycles. The Labute approximate surface area is 152 Å². The van der Waals surface area contributed by atoms with Crippen LogP contribution in [-0.2, 0) is 27.4 Å². The van der Waals surface area contributed by atoms with Gasteiger partial charge in [0.05, 0.1) is 19.7 Å². The number of Topliss-reactive ketones (excluding diaryl/α,β-unsaturated/α-hetero) is 1. The van der Waals surface area contributed by atoms with Crippen LogP contribution in [0.4, 0.5) is 4.39 Å². The molecule has 0 saturated carbocycles. The van der Waals surface area contributed by atoms with Crippen LogP contribution in [0.15, 0.2) is 35.4 Å². The molecular weight excluding hydrogens is 357 g/mol. The van der Waals surface area contributed by atoms with E-state index < -0.39 is 23.7 Å². The Kier molecular flexibility index (Phi) is 5.34. The van der Waals surface area contributed by atoms with E-state index in [1.807, 2.05) is 0 Å². The van der Waals surface area contributed by atoms with E-state index in [0.29, 0.717) is 0 Å². The Hall–Kier alpha value is -3.43. The van der Waals surface area contributed by atoms with Crippen LogP contribution >= 0.6 is 0 Å². The highest BCUT2D eigenvalue weighted by Crippen LogP contribution is 2.08. The molecule has 0 radical (unpaired) electrons. The Morgan fingerprint density at radius 2 is 1.96 bits per heavy atom. The molecule has 2 heterocycles. The van der Waals surface area contributed by atoms with Gasteiger partial charge in [0.2, 0.25) is 0 Å². The van der Waals surface area contributed by atoms with Gasteiger partial charge in [-0.05, 0) is 24.6 Å². The SMILES string of the molecule is CCOC(=O)CC(=O)Cn1cnc2c(nnn2Cc2ccc(F)cc2)c1=O. The fourth-order valence-electron chi connectivity index (χ4n) is 2.49. The number of rotatable bonds is 7. The molecule has 0 bridgehead atoms. The second-order valence-corrected chi connectivity index (χ2v) is 5.74. The van der Waals surface area contributed by atoms with Crippen LogP contribution in [-0.4, -0.2) is 42.9 Å². The quantitative estimate of drug-likeness (QED) is 0.443. The number of nitrogens with zero attached hydrogens (tertiary/aromatic N) is 5. The molecule has 140 valence electrons. The van der Waals surface area contributed by atoms with Crippen molar-refractivity contribution in [1.82, 2.24) is 24.5 Å². The standard InChI is InChI=1S/C17H16FN5O4/c1-2-27-14(25)7-13(24)9-22-10-19-16-15(17(22)26)20-21-23(16)8-11-3-5-12(18)6-4-11/h3-6,10H,2,7-9H2,1H3. The Bertz CT molecular complexity index is 1040. The zero-order valence-electron chi connectivity index (χ0n) is 14.5. The first kappa shape index (κ1) is 18.4. The van der Waals surface area contributed by atoms with Crippen LogP contribution in [0.2, 0.25) is 0 Å². The van der Waals surface area contributed by atoms with Crippen molar-refractivity contribution in [2.75, 3.05) is 6.61 Å². The molecule has 0 fully saturated rings. The van der Waals surface area contributed by atoms with Gasteiger partial charge in [-0.1, -0.05) is 17.3 Å². The number of halogens is 1. The molecule has 9 nitrogen and oxygen atoms in total. The normalized spacial score (nSPS) is 10.9. The number of fused-ring (bicyclic) bond motifs is 1. The summed E-state index contributed by atoms with van der Waals surface area (Å²) in [7, 11) is 0. The number of aromatic nitrogens is 5. The van der Waals surface area contributed by atoms with Crippen LogP contribution in [0.5, 0.6) is 0 Å². The molecule has 3 rings (SSSR count). The summed E-state index contributed by atoms with van der Waals surface area (Å²) < 4.78 is 20.2. The monoisotopic (exact) mass is 373 g/mol. The van der Waals surface area contributed by atoms with Gasteiger partial charge >= 0.3 is 5.97 Å². The Balaban J connectivity index is 1.80. The lowest BCUT2D eigenvalue weighted by Crippen LogP contribution is -2.26. The highest BCUT2D eigenvalue weighted by molar-refractivity contribution is 5.95. The minimum Gasteiger partial charge on any atom is -0.466 e. The summed E-state index contributed by atoms with van der Waals surface area (Å²) in [5.74, 6) is -1.47. The van der Waals surface area contributed by atoms with Gasteiger partial charge in [0, 0.05) is 0 Å². The van der Waals surface area contributed by atoms with Crippen molar-refractivity contribution >= 4 is 22.9 Å². The first-order valence-electron chi connectivity index (χ1n) is 8.18. The van der Waals surface area contributed by atoms with Crippen LogP contribution in [0, 0.1) is 5.82 Å². The van der Waals surface area contributed by atoms with E-state index in [2.05, 4.69) is 15.3 Å². The van der Waals surface area contributed by atoms with E-state index in [-0.39, 0.29) is 36.7 Å². The number of carbonyl (C=O) groups excluding carboxylic acids is 2. The maximum atomic E-state index is 13.0. The Morgan fingerprint density at radius 1 is 1.22 bits per heavy atom. The number of hydrogen-bond acceptors (Lipinski definition) is 7. The summed E-state index contributed by atoms with van der Waals surface area (Å²) in [4.78, 5) is 39.9. The lowest BCUT2D eigenvalue weighted by atomic mass is 10.2. The van der Waals surface area contributed by atoms with Crippen molar-refractivity contribution < 1.29 is 18.7 Å². The highest BCUT2D eigenvalue weighted by atomic mass is 19.1. The molecule has 27 heavy (non-hydrogen) atoms. The summed E-state index contributed by atoms with van der Waals surface area (Å²) in [5, 5.41) is 7.74. The van der Waals surface area contributed by atoms with E-state index in [1.54, 1.807) is 19.1 Å². The summed E-state index contributed by atoms with van der Waals surface area (Å²) >= 11 is 0. The number of carbonyl (C=O) groups is 2. The summed E-state index contributed by atoms with van der Waals surface area (Å²) in [6.45, 7) is 1.76. The molecule has 10 heteroatoms. The molecule has 3 aromatic rings. The van der Waals surface area contributed by atoms with Crippen molar-refractivity contribution in [1.29, 1.82) is 0 Å². The fourth-order valence-corrected chi connectivity index (χ4v) is 2.49. The smallest absolute Gasteiger partial charge is 0.313 e. The van der Waals surface area contributed by atoms with E-state index >= 15 is 0 Å². The predicted octanol–water partition coefficient (Wildman–Crippen LogP) is 0.698. The number of hydrogen-bond donors (Lipinski definition) is 0. The predicted molar refractivity (Wildman–Crippen MR) is 91.3 cm³/mol. The third-order valence-corrected chi connectivity index (χ3v) is 3.73. The first-order chi connectivity index (χ1) is 13.0. The maximum absolute atomic E-state index is 13.0. The minimum absolute atomic E-state index is 0.00328. The maximum Gasteiger partial charge on any atom is 0.313 e. The van der Waals surface area contributed by atoms with E-state index in [9.17, 15) is 18.8 Å². The number of esters is 1. The average Bonchev–Trinajstić information content (AvgIpc) is 3.03. The molecule has 2 aromatic heterocycles. The largest absolute Gasteiger partial charge is 0.466 e.